The Bertz CT molecular complexity index is 901. The number of rotatable bonds is 12. The SMILES string of the molecule is CCO[C@@H](/C=C/C(=O)O)[C@@H](OC(=O)Nc1ccc(SC)cc1)c1ccccc1OCCO. The van der Waals surface area contributed by atoms with Crippen molar-refractivity contribution in [3.8, 4) is 5.75 Å². The zero-order valence-corrected chi connectivity index (χ0v) is 18.7. The predicted octanol–water partition coefficient (Wildman–Crippen LogP) is 4.12. The number of hydrogen-bond donors (Lipinski definition) is 3. The van der Waals surface area contributed by atoms with E-state index in [1.807, 2.05) is 18.4 Å². The van der Waals surface area contributed by atoms with E-state index in [-0.39, 0.29) is 19.8 Å². The fourth-order valence-corrected chi connectivity index (χ4v) is 3.27. The molecule has 0 spiro atoms. The van der Waals surface area contributed by atoms with Crippen LogP contribution >= 0.6 is 11.8 Å². The Kier molecular flexibility index (Phi) is 10.6. The molecule has 0 aromatic heterocycles. The molecule has 1 amide bonds. The number of carboxylic acids is 1. The van der Waals surface area contributed by atoms with E-state index in [4.69, 9.17) is 24.4 Å². The highest BCUT2D eigenvalue weighted by Crippen LogP contribution is 2.33. The number of carboxylic acid groups (broad SMARTS) is 1. The number of para-hydroxylation sites is 1. The molecule has 0 unspecified atom stereocenters. The van der Waals surface area contributed by atoms with E-state index in [1.54, 1.807) is 55.1 Å². The van der Waals surface area contributed by atoms with E-state index in [0.29, 0.717) is 17.0 Å². The average molecular weight is 462 g/mol. The second-order valence-electron chi connectivity index (χ2n) is 6.41. The maximum Gasteiger partial charge on any atom is 0.412 e. The molecule has 172 valence electrons. The van der Waals surface area contributed by atoms with Crippen molar-refractivity contribution in [1.29, 1.82) is 0 Å². The summed E-state index contributed by atoms with van der Waals surface area (Å²) in [5.41, 5.74) is 1.02. The zero-order valence-electron chi connectivity index (χ0n) is 17.9. The van der Waals surface area contributed by atoms with Crippen molar-refractivity contribution in [3.63, 3.8) is 0 Å². The zero-order chi connectivity index (χ0) is 23.3. The first-order valence-electron chi connectivity index (χ1n) is 9.95. The lowest BCUT2D eigenvalue weighted by atomic mass is 10.0. The number of thioether (sulfide) groups is 1. The van der Waals surface area contributed by atoms with Crippen molar-refractivity contribution >= 4 is 29.5 Å². The molecule has 2 rings (SSSR count). The summed E-state index contributed by atoms with van der Waals surface area (Å²) in [7, 11) is 0. The van der Waals surface area contributed by atoms with Crippen molar-refractivity contribution in [1.82, 2.24) is 0 Å². The fourth-order valence-electron chi connectivity index (χ4n) is 2.86. The normalized spacial score (nSPS) is 12.8. The number of aliphatic hydroxyl groups is 1. The van der Waals surface area contributed by atoms with Gasteiger partial charge in [0.1, 0.15) is 18.5 Å². The summed E-state index contributed by atoms with van der Waals surface area (Å²) in [6.45, 7) is 1.86. The molecule has 0 radical (unpaired) electrons. The van der Waals surface area contributed by atoms with Gasteiger partial charge < -0.3 is 24.4 Å². The van der Waals surface area contributed by atoms with Gasteiger partial charge in [-0.1, -0.05) is 18.2 Å². The summed E-state index contributed by atoms with van der Waals surface area (Å²) >= 11 is 1.58. The second-order valence-corrected chi connectivity index (χ2v) is 7.29. The molecule has 0 saturated carbocycles. The molecule has 0 bridgehead atoms. The van der Waals surface area contributed by atoms with E-state index in [0.717, 1.165) is 11.0 Å². The lowest BCUT2D eigenvalue weighted by molar-refractivity contribution is -0.131. The molecule has 8 nitrogen and oxygen atoms in total. The van der Waals surface area contributed by atoms with Crippen LogP contribution in [0.3, 0.4) is 0 Å². The summed E-state index contributed by atoms with van der Waals surface area (Å²) in [6.07, 6.45) is 1.57. The lowest BCUT2D eigenvalue weighted by Crippen LogP contribution is -2.28. The summed E-state index contributed by atoms with van der Waals surface area (Å²) in [5.74, 6) is -0.770. The van der Waals surface area contributed by atoms with Crippen LogP contribution in [0.4, 0.5) is 10.5 Å². The molecule has 32 heavy (non-hydrogen) atoms. The van der Waals surface area contributed by atoms with Gasteiger partial charge in [0.15, 0.2) is 6.10 Å². The molecule has 0 aliphatic heterocycles. The summed E-state index contributed by atoms with van der Waals surface area (Å²) in [5, 5.41) is 20.8. The van der Waals surface area contributed by atoms with Crippen LogP contribution in [0.25, 0.3) is 0 Å². The molecular weight excluding hydrogens is 434 g/mol. The van der Waals surface area contributed by atoms with Crippen LogP contribution in [0.5, 0.6) is 5.75 Å². The number of aliphatic hydroxyl groups excluding tert-OH is 1. The fraction of sp³-hybridized carbons (Fsp3) is 0.304. The van der Waals surface area contributed by atoms with Crippen molar-refractivity contribution in [2.45, 2.75) is 24.0 Å². The van der Waals surface area contributed by atoms with Gasteiger partial charge in [-0.05, 0) is 49.6 Å². The highest BCUT2D eigenvalue weighted by atomic mass is 32.2. The van der Waals surface area contributed by atoms with Crippen LogP contribution in [0.1, 0.15) is 18.6 Å². The highest BCUT2D eigenvalue weighted by Gasteiger charge is 2.29. The minimum absolute atomic E-state index is 0.0436. The smallest absolute Gasteiger partial charge is 0.412 e. The largest absolute Gasteiger partial charge is 0.491 e. The first kappa shape index (κ1) is 25.3. The summed E-state index contributed by atoms with van der Waals surface area (Å²) in [6, 6.07) is 14.1. The number of nitrogens with one attached hydrogen (secondary N) is 1. The van der Waals surface area contributed by atoms with E-state index in [1.165, 1.54) is 6.08 Å². The minimum Gasteiger partial charge on any atom is -0.491 e. The van der Waals surface area contributed by atoms with Crippen molar-refractivity contribution in [2.75, 3.05) is 31.4 Å². The lowest BCUT2D eigenvalue weighted by Gasteiger charge is -2.26. The number of carbonyl (C=O) groups excluding carboxylic acids is 1. The maximum atomic E-state index is 12.7. The average Bonchev–Trinajstić information content (AvgIpc) is 2.79. The van der Waals surface area contributed by atoms with Gasteiger partial charge in [0.05, 0.1) is 6.61 Å². The van der Waals surface area contributed by atoms with Crippen LogP contribution in [-0.4, -0.2) is 54.5 Å². The Balaban J connectivity index is 2.34. The molecular formula is C23H27NO7S. The van der Waals surface area contributed by atoms with Gasteiger partial charge in [0, 0.05) is 28.8 Å². The Morgan fingerprint density at radius 3 is 2.50 bits per heavy atom. The molecule has 0 heterocycles. The van der Waals surface area contributed by atoms with Crippen LogP contribution in [-0.2, 0) is 14.3 Å². The predicted molar refractivity (Wildman–Crippen MR) is 122 cm³/mol. The number of anilines is 1. The van der Waals surface area contributed by atoms with Crippen LogP contribution in [0.2, 0.25) is 0 Å². The summed E-state index contributed by atoms with van der Waals surface area (Å²) in [4.78, 5) is 24.8. The molecule has 2 atom stereocenters. The standard InChI is InChI=1S/C23H27NO7S/c1-3-29-20(12-13-21(26)27)22(18-6-4-5-7-19(18)30-15-14-25)31-23(28)24-16-8-10-17(32-2)11-9-16/h4-13,20,22,25H,3,14-15H2,1-2H3,(H,24,28)(H,26,27)/b13-12+/t20-,22-/m0/s1. The van der Waals surface area contributed by atoms with Crippen molar-refractivity contribution in [2.24, 2.45) is 0 Å². The molecule has 0 aliphatic rings. The molecule has 3 N–H and O–H groups in total. The number of ether oxygens (including phenoxy) is 3. The number of benzene rings is 2. The van der Waals surface area contributed by atoms with Gasteiger partial charge >= 0.3 is 12.1 Å². The molecule has 2 aromatic carbocycles. The molecule has 2 aromatic rings. The van der Waals surface area contributed by atoms with Crippen molar-refractivity contribution in [3.05, 3.63) is 66.2 Å². The maximum absolute atomic E-state index is 12.7. The molecule has 0 saturated heterocycles. The third kappa shape index (κ3) is 7.92. The number of hydrogen-bond acceptors (Lipinski definition) is 7. The summed E-state index contributed by atoms with van der Waals surface area (Å²) < 4.78 is 17.0. The van der Waals surface area contributed by atoms with E-state index in [2.05, 4.69) is 5.32 Å². The third-order valence-corrected chi connectivity index (χ3v) is 4.97. The number of amides is 1. The Morgan fingerprint density at radius 1 is 1.16 bits per heavy atom. The molecule has 0 fully saturated rings. The minimum atomic E-state index is -1.16. The number of aliphatic carboxylic acids is 1. The Labute approximate surface area is 191 Å². The van der Waals surface area contributed by atoms with E-state index >= 15 is 0 Å². The Morgan fingerprint density at radius 2 is 1.88 bits per heavy atom. The van der Waals surface area contributed by atoms with E-state index < -0.39 is 24.3 Å². The van der Waals surface area contributed by atoms with Gasteiger partial charge in [0.2, 0.25) is 0 Å². The first-order valence-corrected chi connectivity index (χ1v) is 11.2. The highest BCUT2D eigenvalue weighted by molar-refractivity contribution is 7.98. The molecule has 0 aliphatic carbocycles. The number of carbonyl (C=O) groups is 2. The molecule has 9 heteroatoms. The third-order valence-electron chi connectivity index (χ3n) is 4.23. The topological polar surface area (TPSA) is 114 Å². The van der Waals surface area contributed by atoms with Crippen LogP contribution < -0.4 is 10.1 Å². The van der Waals surface area contributed by atoms with Crippen LogP contribution in [0.15, 0.2) is 65.6 Å². The Hall–Kier alpha value is -3.01. The van der Waals surface area contributed by atoms with Gasteiger partial charge in [-0.2, -0.15) is 0 Å². The van der Waals surface area contributed by atoms with Gasteiger partial charge in [0.25, 0.3) is 0 Å². The van der Waals surface area contributed by atoms with Gasteiger partial charge in [-0.3, -0.25) is 5.32 Å². The van der Waals surface area contributed by atoms with Gasteiger partial charge in [-0.15, -0.1) is 11.8 Å². The van der Waals surface area contributed by atoms with Crippen molar-refractivity contribution < 1.29 is 34.0 Å². The van der Waals surface area contributed by atoms with E-state index in [9.17, 15) is 9.59 Å². The van der Waals surface area contributed by atoms with Crippen LogP contribution in [0, 0.1) is 0 Å². The quantitative estimate of drug-likeness (QED) is 0.320. The first-order chi connectivity index (χ1) is 15.5. The monoisotopic (exact) mass is 461 g/mol. The second kappa shape index (κ2) is 13.4. The van der Waals surface area contributed by atoms with Gasteiger partial charge in [-0.25, -0.2) is 9.59 Å².